The summed E-state index contributed by atoms with van der Waals surface area (Å²) in [6.45, 7) is 4.42. The largest absolute Gasteiger partial charge is 0.305 e. The van der Waals surface area contributed by atoms with E-state index in [-0.39, 0.29) is 0 Å². The van der Waals surface area contributed by atoms with E-state index in [1.807, 2.05) is 0 Å². The minimum Gasteiger partial charge on any atom is -0.305 e. The summed E-state index contributed by atoms with van der Waals surface area (Å²) in [5.74, 6) is 0.449. The Hall–Kier alpha value is -0.410. The number of Topliss-reactive ketones (excluding diaryl/α,β-unsaturated/α-hetero) is 1. The van der Waals surface area contributed by atoms with Crippen LogP contribution in [0, 0.1) is 0 Å². The van der Waals surface area contributed by atoms with Gasteiger partial charge < -0.3 is 4.90 Å². The van der Waals surface area contributed by atoms with Crippen LogP contribution < -0.4 is 0 Å². The van der Waals surface area contributed by atoms with Gasteiger partial charge in [-0.3, -0.25) is 9.69 Å². The summed E-state index contributed by atoms with van der Waals surface area (Å²) in [7, 11) is 2.20. The maximum atomic E-state index is 11.1. The zero-order valence-corrected chi connectivity index (χ0v) is 9.04. The normalized spacial score (nSPS) is 32.1. The van der Waals surface area contributed by atoms with Crippen molar-refractivity contribution in [3.05, 3.63) is 0 Å². The van der Waals surface area contributed by atoms with E-state index in [0.29, 0.717) is 11.8 Å². The van der Waals surface area contributed by atoms with Crippen molar-refractivity contribution < 1.29 is 4.79 Å². The van der Waals surface area contributed by atoms with Gasteiger partial charge in [0.15, 0.2) is 0 Å². The monoisotopic (exact) mass is 196 g/mol. The Morgan fingerprint density at radius 1 is 1.21 bits per heavy atom. The van der Waals surface area contributed by atoms with Crippen LogP contribution in [0.5, 0.6) is 0 Å². The van der Waals surface area contributed by atoms with Crippen LogP contribution in [0.2, 0.25) is 0 Å². The quantitative estimate of drug-likeness (QED) is 0.618. The highest BCUT2D eigenvalue weighted by atomic mass is 16.1. The predicted molar refractivity (Wildman–Crippen MR) is 56.3 cm³/mol. The van der Waals surface area contributed by atoms with Crippen LogP contribution in [0.1, 0.15) is 25.7 Å². The number of ketones is 1. The molecule has 2 heterocycles. The van der Waals surface area contributed by atoms with Gasteiger partial charge in [0.25, 0.3) is 0 Å². The van der Waals surface area contributed by atoms with Crippen LogP contribution in [0.15, 0.2) is 0 Å². The second kappa shape index (κ2) is 4.41. The third kappa shape index (κ3) is 2.34. The number of hydrogen-bond donors (Lipinski definition) is 0. The molecule has 0 aliphatic carbocycles. The topological polar surface area (TPSA) is 23.6 Å². The number of likely N-dealkylation sites (tertiary alicyclic amines) is 2. The number of piperidine rings is 2. The molecule has 0 aromatic heterocycles. The van der Waals surface area contributed by atoms with Crippen molar-refractivity contribution in [1.82, 2.24) is 9.80 Å². The molecule has 80 valence electrons. The van der Waals surface area contributed by atoms with E-state index in [4.69, 9.17) is 0 Å². The Balaban J connectivity index is 1.85. The second-order valence-corrected chi connectivity index (χ2v) is 4.63. The van der Waals surface area contributed by atoms with Gasteiger partial charge in [0.05, 0.1) is 0 Å². The van der Waals surface area contributed by atoms with Crippen LogP contribution in [-0.2, 0) is 4.79 Å². The molecule has 3 nitrogen and oxygen atoms in total. The molecule has 0 saturated carbocycles. The van der Waals surface area contributed by atoms with Crippen molar-refractivity contribution >= 4 is 5.78 Å². The van der Waals surface area contributed by atoms with E-state index in [0.717, 1.165) is 25.9 Å². The van der Waals surface area contributed by atoms with Gasteiger partial charge in [-0.15, -0.1) is 0 Å². The summed E-state index contributed by atoms with van der Waals surface area (Å²) in [4.78, 5) is 16.0. The highest BCUT2D eigenvalue weighted by Crippen LogP contribution is 2.18. The average Bonchev–Trinajstić information content (AvgIpc) is 2.19. The molecule has 0 aromatic carbocycles. The fourth-order valence-electron chi connectivity index (χ4n) is 2.58. The van der Waals surface area contributed by atoms with E-state index < -0.39 is 0 Å². The smallest absolute Gasteiger partial charge is 0.135 e. The molecular weight excluding hydrogens is 176 g/mol. The maximum Gasteiger partial charge on any atom is 0.135 e. The van der Waals surface area contributed by atoms with E-state index in [2.05, 4.69) is 16.8 Å². The van der Waals surface area contributed by atoms with Crippen LogP contribution in [0.25, 0.3) is 0 Å². The number of hydrogen-bond acceptors (Lipinski definition) is 3. The van der Waals surface area contributed by atoms with Crippen molar-refractivity contribution in [2.75, 3.05) is 33.2 Å². The predicted octanol–water partition coefficient (Wildman–Crippen LogP) is 0.745. The average molecular weight is 196 g/mol. The lowest BCUT2D eigenvalue weighted by Gasteiger charge is -2.39. The molecule has 2 rings (SSSR count). The molecule has 2 aliphatic rings. The molecule has 0 aromatic rings. The van der Waals surface area contributed by atoms with Gasteiger partial charge in [-0.1, -0.05) is 0 Å². The second-order valence-electron chi connectivity index (χ2n) is 4.63. The molecule has 3 heteroatoms. The van der Waals surface area contributed by atoms with Crippen LogP contribution in [0.4, 0.5) is 0 Å². The SMILES string of the molecule is CN1CCCC(N2CCC(=O)CC2)C1. The molecule has 2 aliphatic heterocycles. The van der Waals surface area contributed by atoms with Crippen molar-refractivity contribution in [3.8, 4) is 0 Å². The molecule has 0 N–H and O–H groups in total. The van der Waals surface area contributed by atoms with Gasteiger partial charge >= 0.3 is 0 Å². The van der Waals surface area contributed by atoms with E-state index in [9.17, 15) is 4.79 Å². The number of carbonyl (C=O) groups is 1. The summed E-state index contributed by atoms with van der Waals surface area (Å²) >= 11 is 0. The van der Waals surface area contributed by atoms with Gasteiger partial charge in [0.2, 0.25) is 0 Å². The van der Waals surface area contributed by atoms with Gasteiger partial charge in [-0.2, -0.15) is 0 Å². The molecule has 2 saturated heterocycles. The standard InChI is InChI=1S/C11H20N2O/c1-12-6-2-3-10(9-12)13-7-4-11(14)5-8-13/h10H,2-9H2,1H3. The molecular formula is C11H20N2O. The van der Waals surface area contributed by atoms with Crippen LogP contribution in [0.3, 0.4) is 0 Å². The first kappa shape index (κ1) is 10.1. The minimum atomic E-state index is 0.449. The first-order valence-corrected chi connectivity index (χ1v) is 5.70. The molecule has 14 heavy (non-hydrogen) atoms. The van der Waals surface area contributed by atoms with Crippen LogP contribution >= 0.6 is 0 Å². The molecule has 0 radical (unpaired) electrons. The lowest BCUT2D eigenvalue weighted by molar-refractivity contribution is -0.122. The molecule has 2 fully saturated rings. The number of carbonyl (C=O) groups excluding carboxylic acids is 1. The Morgan fingerprint density at radius 2 is 1.93 bits per heavy atom. The highest BCUT2D eigenvalue weighted by molar-refractivity contribution is 5.79. The van der Waals surface area contributed by atoms with Gasteiger partial charge in [0, 0.05) is 38.5 Å². The zero-order valence-electron chi connectivity index (χ0n) is 9.04. The summed E-state index contributed by atoms with van der Waals surface area (Å²) in [5.41, 5.74) is 0. The number of nitrogens with zero attached hydrogens (tertiary/aromatic N) is 2. The lowest BCUT2D eigenvalue weighted by Crippen LogP contribution is -2.49. The third-order valence-corrected chi connectivity index (χ3v) is 3.47. The number of rotatable bonds is 1. The first-order valence-electron chi connectivity index (χ1n) is 5.70. The van der Waals surface area contributed by atoms with E-state index >= 15 is 0 Å². The first-order chi connectivity index (χ1) is 6.75. The fraction of sp³-hybridized carbons (Fsp3) is 0.909. The lowest BCUT2D eigenvalue weighted by atomic mass is 10.0. The molecule has 0 bridgehead atoms. The van der Waals surface area contributed by atoms with Crippen molar-refractivity contribution in [1.29, 1.82) is 0 Å². The van der Waals surface area contributed by atoms with Crippen molar-refractivity contribution in [2.45, 2.75) is 31.7 Å². The molecule has 0 amide bonds. The summed E-state index contributed by atoms with van der Waals surface area (Å²) in [6.07, 6.45) is 4.19. The summed E-state index contributed by atoms with van der Waals surface area (Å²) in [5, 5.41) is 0. The van der Waals surface area contributed by atoms with E-state index in [1.165, 1.54) is 25.9 Å². The maximum absolute atomic E-state index is 11.1. The Morgan fingerprint density at radius 3 is 2.57 bits per heavy atom. The highest BCUT2D eigenvalue weighted by Gasteiger charge is 2.26. The zero-order chi connectivity index (χ0) is 9.97. The fourth-order valence-corrected chi connectivity index (χ4v) is 2.58. The van der Waals surface area contributed by atoms with Crippen LogP contribution in [-0.4, -0.2) is 54.9 Å². The molecule has 0 spiro atoms. The van der Waals surface area contributed by atoms with Gasteiger partial charge in [0.1, 0.15) is 5.78 Å². The Labute approximate surface area is 86.1 Å². The van der Waals surface area contributed by atoms with Gasteiger partial charge in [-0.25, -0.2) is 0 Å². The third-order valence-electron chi connectivity index (χ3n) is 3.47. The van der Waals surface area contributed by atoms with Crippen molar-refractivity contribution in [2.24, 2.45) is 0 Å². The number of likely N-dealkylation sites (N-methyl/N-ethyl adjacent to an activating group) is 1. The minimum absolute atomic E-state index is 0.449. The summed E-state index contributed by atoms with van der Waals surface area (Å²) in [6, 6.07) is 0.710. The van der Waals surface area contributed by atoms with Crippen molar-refractivity contribution in [3.63, 3.8) is 0 Å². The van der Waals surface area contributed by atoms with Gasteiger partial charge in [-0.05, 0) is 26.4 Å². The summed E-state index contributed by atoms with van der Waals surface area (Å²) < 4.78 is 0. The van der Waals surface area contributed by atoms with E-state index in [1.54, 1.807) is 0 Å². The molecule has 1 atom stereocenters. The Kier molecular flexibility index (Phi) is 3.19. The molecule has 1 unspecified atom stereocenters. The Bertz CT molecular complexity index is 207.